The Balaban J connectivity index is 1.56. The van der Waals surface area contributed by atoms with Crippen LogP contribution in [0, 0.1) is 12.8 Å². The standard InChI is InChI=1S/C34H33NO2/c1-20(2)13-26-16-25-15-23(11-12-31(25)37-26)28-18-30(35-32-21(3)19-36-33(28)32)24-14-22-9-7-8-10-27(22)29(17-24)34(4,5)6/h7-12,14-20H,13H2,1-6H3. The number of pyridine rings is 1. The van der Waals surface area contributed by atoms with E-state index < -0.39 is 0 Å². The molecule has 0 radical (unpaired) electrons. The molecule has 0 amide bonds. The van der Waals surface area contributed by atoms with Gasteiger partial charge in [-0.15, -0.1) is 0 Å². The SMILES string of the molecule is Cc1coc2c(-c3ccc4oc(CC(C)C)cc4c3)cc(-c3cc(C(C)(C)C)c4ccccc4c3)nc12. The first-order chi connectivity index (χ1) is 17.7. The highest BCUT2D eigenvalue weighted by Gasteiger charge is 2.20. The van der Waals surface area contributed by atoms with Crippen LogP contribution < -0.4 is 0 Å². The number of furan rings is 2. The number of fused-ring (bicyclic) bond motifs is 3. The van der Waals surface area contributed by atoms with Gasteiger partial charge in [0, 0.05) is 28.5 Å². The van der Waals surface area contributed by atoms with Crippen LogP contribution in [0.4, 0.5) is 0 Å². The van der Waals surface area contributed by atoms with Crippen molar-refractivity contribution in [2.45, 2.75) is 53.4 Å². The molecule has 0 aliphatic rings. The molecule has 6 aromatic rings. The van der Waals surface area contributed by atoms with Crippen molar-refractivity contribution in [2.75, 3.05) is 0 Å². The highest BCUT2D eigenvalue weighted by atomic mass is 16.3. The maximum absolute atomic E-state index is 6.10. The van der Waals surface area contributed by atoms with Crippen LogP contribution in [-0.4, -0.2) is 4.98 Å². The monoisotopic (exact) mass is 487 g/mol. The highest BCUT2D eigenvalue weighted by Crippen LogP contribution is 2.39. The van der Waals surface area contributed by atoms with Crippen molar-refractivity contribution >= 4 is 32.8 Å². The second-order valence-corrected chi connectivity index (χ2v) is 11.7. The number of aryl methyl sites for hydroxylation is 1. The van der Waals surface area contributed by atoms with Gasteiger partial charge in [0.25, 0.3) is 0 Å². The molecule has 0 atom stereocenters. The summed E-state index contributed by atoms with van der Waals surface area (Å²) in [5, 5.41) is 3.64. The van der Waals surface area contributed by atoms with E-state index in [4.69, 9.17) is 13.8 Å². The average molecular weight is 488 g/mol. The van der Waals surface area contributed by atoms with Gasteiger partial charge >= 0.3 is 0 Å². The van der Waals surface area contributed by atoms with E-state index in [1.165, 1.54) is 16.3 Å². The Kier molecular flexibility index (Phi) is 5.49. The smallest absolute Gasteiger partial charge is 0.160 e. The summed E-state index contributed by atoms with van der Waals surface area (Å²) >= 11 is 0. The van der Waals surface area contributed by atoms with E-state index in [0.717, 1.165) is 62.2 Å². The molecule has 0 spiro atoms. The van der Waals surface area contributed by atoms with Crippen molar-refractivity contribution in [2.24, 2.45) is 5.92 Å². The first kappa shape index (κ1) is 23.5. The third-order valence-corrected chi connectivity index (χ3v) is 7.15. The van der Waals surface area contributed by atoms with Gasteiger partial charge in [-0.05, 0) is 76.6 Å². The van der Waals surface area contributed by atoms with Gasteiger partial charge in [0.05, 0.1) is 12.0 Å². The number of aromatic nitrogens is 1. The van der Waals surface area contributed by atoms with E-state index in [1.807, 2.05) is 6.26 Å². The zero-order valence-corrected chi connectivity index (χ0v) is 22.5. The predicted molar refractivity (Wildman–Crippen MR) is 154 cm³/mol. The second kappa shape index (κ2) is 8.62. The lowest BCUT2D eigenvalue weighted by Crippen LogP contribution is -2.12. The van der Waals surface area contributed by atoms with Crippen LogP contribution >= 0.6 is 0 Å². The summed E-state index contributed by atoms with van der Waals surface area (Å²) in [6.45, 7) is 13.3. The van der Waals surface area contributed by atoms with Gasteiger partial charge in [-0.3, -0.25) is 0 Å². The molecule has 0 aliphatic heterocycles. The van der Waals surface area contributed by atoms with Crippen LogP contribution in [-0.2, 0) is 11.8 Å². The van der Waals surface area contributed by atoms with Crippen LogP contribution in [0.3, 0.4) is 0 Å². The molecular weight excluding hydrogens is 454 g/mol. The normalized spacial score (nSPS) is 12.4. The van der Waals surface area contributed by atoms with Gasteiger partial charge in [0.1, 0.15) is 16.9 Å². The fraction of sp³-hybridized carbons (Fsp3) is 0.265. The number of hydrogen-bond donors (Lipinski definition) is 0. The second-order valence-electron chi connectivity index (χ2n) is 11.7. The summed E-state index contributed by atoms with van der Waals surface area (Å²) in [6.07, 6.45) is 2.74. The van der Waals surface area contributed by atoms with Crippen molar-refractivity contribution in [3.63, 3.8) is 0 Å². The number of rotatable bonds is 4. The maximum atomic E-state index is 6.10. The maximum Gasteiger partial charge on any atom is 0.160 e. The molecule has 186 valence electrons. The zero-order chi connectivity index (χ0) is 25.9. The summed E-state index contributed by atoms with van der Waals surface area (Å²) in [5.41, 5.74) is 9.25. The third kappa shape index (κ3) is 4.23. The van der Waals surface area contributed by atoms with E-state index in [-0.39, 0.29) is 5.41 Å². The summed E-state index contributed by atoms with van der Waals surface area (Å²) in [6, 6.07) is 24.0. The van der Waals surface area contributed by atoms with Crippen LogP contribution in [0.2, 0.25) is 0 Å². The van der Waals surface area contributed by atoms with E-state index in [0.29, 0.717) is 5.92 Å². The Morgan fingerprint density at radius 2 is 1.65 bits per heavy atom. The summed E-state index contributed by atoms with van der Waals surface area (Å²) in [7, 11) is 0. The fourth-order valence-electron chi connectivity index (χ4n) is 5.33. The lowest BCUT2D eigenvalue weighted by Gasteiger charge is -2.23. The molecule has 3 heteroatoms. The quantitative estimate of drug-likeness (QED) is 0.248. The van der Waals surface area contributed by atoms with Crippen LogP contribution in [0.25, 0.3) is 55.2 Å². The van der Waals surface area contributed by atoms with E-state index in [9.17, 15) is 0 Å². The Labute approximate surface area is 218 Å². The summed E-state index contributed by atoms with van der Waals surface area (Å²) < 4.78 is 12.2. The first-order valence-electron chi connectivity index (χ1n) is 13.1. The molecule has 0 N–H and O–H groups in total. The molecule has 0 saturated heterocycles. The lowest BCUT2D eigenvalue weighted by atomic mass is 9.82. The Hall–Kier alpha value is -3.85. The Morgan fingerprint density at radius 3 is 2.43 bits per heavy atom. The van der Waals surface area contributed by atoms with Gasteiger partial charge in [-0.2, -0.15) is 0 Å². The molecule has 3 heterocycles. The minimum absolute atomic E-state index is 0.00805. The molecule has 0 unspecified atom stereocenters. The molecule has 3 aromatic carbocycles. The minimum Gasteiger partial charge on any atom is -0.462 e. The van der Waals surface area contributed by atoms with Crippen molar-refractivity contribution in [1.29, 1.82) is 0 Å². The van der Waals surface area contributed by atoms with Gasteiger partial charge in [0.15, 0.2) is 5.58 Å². The molecule has 6 rings (SSSR count). The van der Waals surface area contributed by atoms with E-state index in [2.05, 4.69) is 108 Å². The number of nitrogens with zero attached hydrogens (tertiary/aromatic N) is 1. The molecule has 3 aromatic heterocycles. The molecule has 3 nitrogen and oxygen atoms in total. The zero-order valence-electron chi connectivity index (χ0n) is 22.5. The van der Waals surface area contributed by atoms with Crippen LogP contribution in [0.1, 0.15) is 51.5 Å². The van der Waals surface area contributed by atoms with Crippen LogP contribution in [0.15, 0.2) is 81.8 Å². The minimum atomic E-state index is 0.00805. The number of hydrogen-bond acceptors (Lipinski definition) is 3. The molecule has 0 bridgehead atoms. The largest absolute Gasteiger partial charge is 0.462 e. The lowest BCUT2D eigenvalue weighted by molar-refractivity contribution is 0.500. The number of benzene rings is 3. The average Bonchev–Trinajstić information content (AvgIpc) is 3.43. The first-order valence-corrected chi connectivity index (χ1v) is 13.1. The van der Waals surface area contributed by atoms with Crippen molar-refractivity contribution in [3.05, 3.63) is 89.9 Å². The molecular formula is C34H33NO2. The molecule has 0 fully saturated rings. The summed E-state index contributed by atoms with van der Waals surface area (Å²) in [4.78, 5) is 5.11. The van der Waals surface area contributed by atoms with E-state index in [1.54, 1.807) is 0 Å². The van der Waals surface area contributed by atoms with Crippen molar-refractivity contribution in [1.82, 2.24) is 4.98 Å². The third-order valence-electron chi connectivity index (χ3n) is 7.15. The van der Waals surface area contributed by atoms with Gasteiger partial charge in [0.2, 0.25) is 0 Å². The molecule has 0 aliphatic carbocycles. The molecule has 0 saturated carbocycles. The Bertz CT molecular complexity index is 1780. The molecule has 37 heavy (non-hydrogen) atoms. The van der Waals surface area contributed by atoms with Crippen molar-refractivity contribution < 1.29 is 8.83 Å². The van der Waals surface area contributed by atoms with Gasteiger partial charge in [-0.1, -0.05) is 65.0 Å². The summed E-state index contributed by atoms with van der Waals surface area (Å²) in [5.74, 6) is 1.58. The Morgan fingerprint density at radius 1 is 0.865 bits per heavy atom. The fourth-order valence-corrected chi connectivity index (χ4v) is 5.33. The topological polar surface area (TPSA) is 39.2 Å². The van der Waals surface area contributed by atoms with E-state index >= 15 is 0 Å². The predicted octanol–water partition coefficient (Wildman–Crippen LogP) is 9.87. The highest BCUT2D eigenvalue weighted by molar-refractivity contribution is 5.98. The van der Waals surface area contributed by atoms with Gasteiger partial charge < -0.3 is 8.83 Å². The van der Waals surface area contributed by atoms with Gasteiger partial charge in [-0.25, -0.2) is 4.98 Å². The van der Waals surface area contributed by atoms with Crippen LogP contribution in [0.5, 0.6) is 0 Å². The van der Waals surface area contributed by atoms with Crippen molar-refractivity contribution in [3.8, 4) is 22.4 Å².